The second-order valence-electron chi connectivity index (χ2n) is 3.50. The van der Waals surface area contributed by atoms with E-state index in [1.165, 1.54) is 0 Å². The molecule has 2 unspecified atom stereocenters. The van der Waals surface area contributed by atoms with E-state index in [1.54, 1.807) is 12.1 Å². The highest BCUT2D eigenvalue weighted by Gasteiger charge is 2.34. The fourth-order valence-corrected chi connectivity index (χ4v) is 1.39. The molecule has 88 valence electrons. The van der Waals surface area contributed by atoms with Gasteiger partial charge in [-0.2, -0.15) is 0 Å². The van der Waals surface area contributed by atoms with Crippen molar-refractivity contribution in [2.45, 2.75) is 18.8 Å². The van der Waals surface area contributed by atoms with Crippen LogP contribution in [-0.2, 0) is 9.78 Å². The van der Waals surface area contributed by atoms with Gasteiger partial charge in [-0.1, -0.05) is 12.1 Å². The first-order valence-corrected chi connectivity index (χ1v) is 5.15. The molecule has 5 nitrogen and oxygen atoms in total. The second kappa shape index (κ2) is 5.27. The molecule has 5 heteroatoms. The number of rotatable bonds is 5. The topological polar surface area (TPSA) is 68.2 Å². The minimum absolute atomic E-state index is 0.123. The average Bonchev–Trinajstić information content (AvgIpc) is 2.30. The van der Waals surface area contributed by atoms with Gasteiger partial charge in [0, 0.05) is 13.0 Å². The smallest absolute Gasteiger partial charge is 0.222 e. The molecule has 1 fully saturated rings. The molecular formula is C11H14O5. The van der Waals surface area contributed by atoms with Crippen molar-refractivity contribution < 1.29 is 24.7 Å². The van der Waals surface area contributed by atoms with Gasteiger partial charge >= 0.3 is 0 Å². The molecule has 1 aromatic carbocycles. The molecule has 2 rings (SSSR count). The molecule has 1 saturated heterocycles. The monoisotopic (exact) mass is 226 g/mol. The predicted molar refractivity (Wildman–Crippen MR) is 54.6 cm³/mol. The second-order valence-corrected chi connectivity index (χ2v) is 3.50. The molecule has 2 N–H and O–H groups in total. The summed E-state index contributed by atoms with van der Waals surface area (Å²) in [6.45, 7) is 0.610. The Hall–Kier alpha value is -1.14. The van der Waals surface area contributed by atoms with E-state index in [4.69, 9.17) is 14.7 Å². The van der Waals surface area contributed by atoms with E-state index in [9.17, 15) is 5.11 Å². The van der Waals surface area contributed by atoms with Gasteiger partial charge in [0.1, 0.15) is 5.75 Å². The van der Waals surface area contributed by atoms with Crippen LogP contribution < -0.4 is 4.74 Å². The Bertz CT molecular complexity index is 324. The van der Waals surface area contributed by atoms with Gasteiger partial charge in [0.25, 0.3) is 0 Å². The summed E-state index contributed by atoms with van der Waals surface area (Å²) in [6.07, 6.45) is -0.687. The maximum absolute atomic E-state index is 9.20. The first-order chi connectivity index (χ1) is 7.81. The minimum atomic E-state index is -0.888. The summed E-state index contributed by atoms with van der Waals surface area (Å²) < 4.78 is 5.37. The third kappa shape index (κ3) is 2.51. The number of hydrogen-bond donors (Lipinski definition) is 2. The van der Waals surface area contributed by atoms with Crippen molar-refractivity contribution in [3.8, 4) is 5.75 Å². The van der Waals surface area contributed by atoms with Crippen molar-refractivity contribution >= 4 is 0 Å². The summed E-state index contributed by atoms with van der Waals surface area (Å²) in [5.41, 5.74) is 0.841. The van der Waals surface area contributed by atoms with E-state index in [2.05, 4.69) is 4.89 Å². The Morgan fingerprint density at radius 1 is 1.19 bits per heavy atom. The molecule has 0 amide bonds. The predicted octanol–water partition coefficient (Wildman–Crippen LogP) is 0.769. The van der Waals surface area contributed by atoms with Crippen LogP contribution in [0.3, 0.4) is 0 Å². The van der Waals surface area contributed by atoms with E-state index < -0.39 is 12.4 Å². The number of aliphatic hydroxyl groups excluding tert-OH is 2. The molecule has 2 atom stereocenters. The zero-order chi connectivity index (χ0) is 11.4. The molecule has 1 aliphatic rings. The standard InChI is InChI=1S/C11H14O5/c12-6-1-7-14-9-4-2-8(3-5-9)10-11(13)16-15-10/h2-5,10-13H,1,6-7H2. The first-order valence-electron chi connectivity index (χ1n) is 5.15. The largest absolute Gasteiger partial charge is 0.494 e. The SMILES string of the molecule is OCCCOc1ccc(C2OOC2O)cc1. The normalized spacial score (nSPS) is 23.9. The van der Waals surface area contributed by atoms with Crippen molar-refractivity contribution in [3.63, 3.8) is 0 Å². The number of aliphatic hydroxyl groups is 2. The van der Waals surface area contributed by atoms with E-state index in [-0.39, 0.29) is 6.61 Å². The Labute approximate surface area is 93.1 Å². The number of ether oxygens (including phenoxy) is 1. The summed E-state index contributed by atoms with van der Waals surface area (Å²) in [4.78, 5) is 9.15. The van der Waals surface area contributed by atoms with Crippen LogP contribution in [-0.4, -0.2) is 29.7 Å². The van der Waals surface area contributed by atoms with Gasteiger partial charge in [-0.25, -0.2) is 9.78 Å². The van der Waals surface area contributed by atoms with Crippen LogP contribution >= 0.6 is 0 Å². The summed E-state index contributed by atoms with van der Waals surface area (Å²) in [6, 6.07) is 7.21. The number of hydrogen-bond acceptors (Lipinski definition) is 5. The van der Waals surface area contributed by atoms with Gasteiger partial charge in [0.2, 0.25) is 6.29 Å². The van der Waals surface area contributed by atoms with Gasteiger partial charge in [-0.15, -0.1) is 0 Å². The lowest BCUT2D eigenvalue weighted by Crippen LogP contribution is -2.34. The quantitative estimate of drug-likeness (QED) is 0.573. The molecule has 0 spiro atoms. The van der Waals surface area contributed by atoms with E-state index >= 15 is 0 Å². The van der Waals surface area contributed by atoms with Gasteiger partial charge in [-0.3, -0.25) is 0 Å². The highest BCUT2D eigenvalue weighted by molar-refractivity contribution is 5.29. The van der Waals surface area contributed by atoms with Crippen LogP contribution in [0.5, 0.6) is 5.75 Å². The third-order valence-corrected chi connectivity index (χ3v) is 2.30. The first kappa shape index (κ1) is 11.3. The third-order valence-electron chi connectivity index (χ3n) is 2.30. The molecule has 16 heavy (non-hydrogen) atoms. The lowest BCUT2D eigenvalue weighted by molar-refractivity contribution is -0.517. The van der Waals surface area contributed by atoms with Crippen molar-refractivity contribution in [2.24, 2.45) is 0 Å². The van der Waals surface area contributed by atoms with Crippen LogP contribution in [0.2, 0.25) is 0 Å². The van der Waals surface area contributed by atoms with E-state index in [1.807, 2.05) is 12.1 Å². The van der Waals surface area contributed by atoms with Crippen LogP contribution in [0.15, 0.2) is 24.3 Å². The highest BCUT2D eigenvalue weighted by atomic mass is 17.3. The van der Waals surface area contributed by atoms with E-state index in [0.29, 0.717) is 13.0 Å². The maximum atomic E-state index is 9.20. The van der Waals surface area contributed by atoms with Crippen molar-refractivity contribution in [2.75, 3.05) is 13.2 Å². The maximum Gasteiger partial charge on any atom is 0.222 e. The number of benzene rings is 1. The van der Waals surface area contributed by atoms with Gasteiger partial charge in [0.05, 0.1) is 6.61 Å². The van der Waals surface area contributed by atoms with Crippen LogP contribution in [0.25, 0.3) is 0 Å². The summed E-state index contributed by atoms with van der Waals surface area (Å²) in [5.74, 6) is 0.729. The lowest BCUT2D eigenvalue weighted by Gasteiger charge is -2.30. The molecule has 1 aliphatic heterocycles. The molecule has 0 saturated carbocycles. The van der Waals surface area contributed by atoms with Gasteiger partial charge in [0.15, 0.2) is 6.10 Å². The van der Waals surface area contributed by atoms with Crippen LogP contribution in [0.4, 0.5) is 0 Å². The fraction of sp³-hybridized carbons (Fsp3) is 0.455. The van der Waals surface area contributed by atoms with Crippen molar-refractivity contribution in [1.29, 1.82) is 0 Å². The zero-order valence-corrected chi connectivity index (χ0v) is 8.70. The summed E-state index contributed by atoms with van der Waals surface area (Å²) in [7, 11) is 0. The fourth-order valence-electron chi connectivity index (χ4n) is 1.39. The highest BCUT2D eigenvalue weighted by Crippen LogP contribution is 2.31. The Morgan fingerprint density at radius 3 is 2.44 bits per heavy atom. The molecule has 0 aliphatic carbocycles. The Morgan fingerprint density at radius 2 is 1.94 bits per heavy atom. The summed E-state index contributed by atoms with van der Waals surface area (Å²) in [5, 5.41) is 17.8. The van der Waals surface area contributed by atoms with E-state index in [0.717, 1.165) is 11.3 Å². The molecule has 0 bridgehead atoms. The van der Waals surface area contributed by atoms with Crippen LogP contribution in [0.1, 0.15) is 18.1 Å². The van der Waals surface area contributed by atoms with Crippen LogP contribution in [0, 0.1) is 0 Å². The summed E-state index contributed by atoms with van der Waals surface area (Å²) >= 11 is 0. The van der Waals surface area contributed by atoms with Gasteiger partial charge < -0.3 is 14.9 Å². The molecule has 0 radical (unpaired) electrons. The molecule has 0 aromatic heterocycles. The Kier molecular flexibility index (Phi) is 3.74. The van der Waals surface area contributed by atoms with Crippen molar-refractivity contribution in [1.82, 2.24) is 0 Å². The zero-order valence-electron chi connectivity index (χ0n) is 8.70. The average molecular weight is 226 g/mol. The molecule has 1 heterocycles. The Balaban J connectivity index is 1.89. The lowest BCUT2D eigenvalue weighted by atomic mass is 10.1. The molecular weight excluding hydrogens is 212 g/mol. The van der Waals surface area contributed by atoms with Crippen molar-refractivity contribution in [3.05, 3.63) is 29.8 Å². The molecule has 1 aromatic rings. The van der Waals surface area contributed by atoms with Gasteiger partial charge in [-0.05, 0) is 17.7 Å². The minimum Gasteiger partial charge on any atom is -0.494 e.